The SMILES string of the molecule is C[C@]12CCC[C@](C)(C[C@@H](N(CCF)c3ccc(-c4cc(F)c(-c5cn[nH]c5)cc4O)nn3)C1)N2. The highest BCUT2D eigenvalue weighted by Crippen LogP contribution is 2.42. The second-order valence-electron chi connectivity index (χ2n) is 10.2. The van der Waals surface area contributed by atoms with Crippen molar-refractivity contribution in [1.82, 2.24) is 25.7 Å². The van der Waals surface area contributed by atoms with E-state index in [1.54, 1.807) is 18.3 Å². The molecule has 0 spiro atoms. The Morgan fingerprint density at radius 2 is 1.88 bits per heavy atom. The number of alkyl halides is 1. The fraction of sp³-hybridized carbons (Fsp3) is 0.480. The Bertz CT molecular complexity index is 1140. The summed E-state index contributed by atoms with van der Waals surface area (Å²) >= 11 is 0. The summed E-state index contributed by atoms with van der Waals surface area (Å²) in [7, 11) is 0. The lowest BCUT2D eigenvalue weighted by molar-refractivity contribution is 0.0767. The number of aromatic hydroxyl groups is 1. The van der Waals surface area contributed by atoms with Crippen LogP contribution in [0.1, 0.15) is 46.0 Å². The van der Waals surface area contributed by atoms with E-state index in [1.807, 2.05) is 4.90 Å². The zero-order valence-corrected chi connectivity index (χ0v) is 19.5. The standard InChI is InChI=1S/C25H30F2N6O/c1-24-6-3-7-25(2,32-24)13-17(12-24)33(9-8-26)23-5-4-21(30-31-23)19-10-20(27)18(11-22(19)34)16-14-28-29-15-16/h4-5,10-11,14-15,17,32,34H,3,6-9,12-13H2,1-2H3,(H,28,29)/t17-,24-,25+. The van der Waals surface area contributed by atoms with E-state index in [9.17, 15) is 13.9 Å². The summed E-state index contributed by atoms with van der Waals surface area (Å²) in [6, 6.07) is 6.23. The van der Waals surface area contributed by atoms with Gasteiger partial charge in [-0.1, -0.05) is 0 Å². The van der Waals surface area contributed by atoms with E-state index < -0.39 is 12.5 Å². The summed E-state index contributed by atoms with van der Waals surface area (Å²) in [5.41, 5.74) is 1.43. The molecule has 3 aromatic rings. The Morgan fingerprint density at radius 1 is 1.12 bits per heavy atom. The normalized spacial score (nSPS) is 26.4. The highest BCUT2D eigenvalue weighted by atomic mass is 19.1. The number of nitrogens with one attached hydrogen (secondary N) is 2. The number of hydrogen-bond acceptors (Lipinski definition) is 6. The van der Waals surface area contributed by atoms with Crippen LogP contribution < -0.4 is 10.2 Å². The molecular formula is C25H30F2N6O. The minimum atomic E-state index is -0.498. The number of benzene rings is 1. The van der Waals surface area contributed by atoms with Crippen LogP contribution in [0.4, 0.5) is 14.6 Å². The Labute approximate surface area is 197 Å². The van der Waals surface area contributed by atoms with Crippen molar-refractivity contribution >= 4 is 5.82 Å². The summed E-state index contributed by atoms with van der Waals surface area (Å²) in [6.45, 7) is 4.26. The van der Waals surface area contributed by atoms with E-state index in [0.29, 0.717) is 17.1 Å². The van der Waals surface area contributed by atoms with Gasteiger partial charge in [-0.2, -0.15) is 5.10 Å². The number of anilines is 1. The Balaban J connectivity index is 1.42. The number of halogens is 2. The summed E-state index contributed by atoms with van der Waals surface area (Å²) in [5.74, 6) is -0.0114. The van der Waals surface area contributed by atoms with Crippen LogP contribution in [0.3, 0.4) is 0 Å². The van der Waals surface area contributed by atoms with Gasteiger partial charge in [-0.25, -0.2) is 8.78 Å². The van der Waals surface area contributed by atoms with Gasteiger partial charge in [-0.15, -0.1) is 10.2 Å². The summed E-state index contributed by atoms with van der Waals surface area (Å²) in [4.78, 5) is 2.02. The van der Waals surface area contributed by atoms with Crippen LogP contribution in [-0.2, 0) is 0 Å². The molecule has 5 rings (SSSR count). The van der Waals surface area contributed by atoms with E-state index >= 15 is 0 Å². The van der Waals surface area contributed by atoms with Gasteiger partial charge in [0, 0.05) is 46.6 Å². The molecule has 0 aliphatic carbocycles. The third kappa shape index (κ3) is 4.24. The average molecular weight is 469 g/mol. The van der Waals surface area contributed by atoms with Crippen LogP contribution in [0.2, 0.25) is 0 Å². The van der Waals surface area contributed by atoms with Gasteiger partial charge in [-0.3, -0.25) is 5.10 Å². The molecule has 0 radical (unpaired) electrons. The lowest BCUT2D eigenvalue weighted by Crippen LogP contribution is -2.67. The fourth-order valence-electron chi connectivity index (χ4n) is 5.94. The number of phenolic OH excluding ortho intramolecular Hbond substituents is 1. The lowest BCUT2D eigenvalue weighted by Gasteiger charge is -2.55. The Hall–Kier alpha value is -3.07. The van der Waals surface area contributed by atoms with Gasteiger partial charge in [0.2, 0.25) is 0 Å². The van der Waals surface area contributed by atoms with Gasteiger partial charge < -0.3 is 15.3 Å². The monoisotopic (exact) mass is 468 g/mol. The Morgan fingerprint density at radius 3 is 2.50 bits per heavy atom. The van der Waals surface area contributed by atoms with E-state index in [4.69, 9.17) is 0 Å². The number of hydrogen-bond donors (Lipinski definition) is 3. The predicted octanol–water partition coefficient (Wildman–Crippen LogP) is 4.61. The van der Waals surface area contributed by atoms with Gasteiger partial charge in [0.1, 0.15) is 18.2 Å². The van der Waals surface area contributed by atoms with Gasteiger partial charge in [0.15, 0.2) is 5.82 Å². The summed E-state index contributed by atoms with van der Waals surface area (Å²) in [5, 5.41) is 29.5. The van der Waals surface area contributed by atoms with Gasteiger partial charge in [-0.05, 0) is 70.2 Å². The first-order chi connectivity index (χ1) is 16.3. The van der Waals surface area contributed by atoms with E-state index in [0.717, 1.165) is 25.7 Å². The molecule has 0 saturated carbocycles. The number of aromatic nitrogens is 4. The van der Waals surface area contributed by atoms with E-state index in [2.05, 4.69) is 39.6 Å². The molecule has 2 aromatic heterocycles. The lowest BCUT2D eigenvalue weighted by atomic mass is 9.69. The predicted molar refractivity (Wildman–Crippen MR) is 127 cm³/mol. The first-order valence-electron chi connectivity index (χ1n) is 11.8. The van der Waals surface area contributed by atoms with Crippen LogP contribution in [0.5, 0.6) is 5.75 Å². The molecule has 7 nitrogen and oxygen atoms in total. The molecule has 2 bridgehead atoms. The molecule has 2 fully saturated rings. The van der Waals surface area contributed by atoms with Crippen LogP contribution in [0, 0.1) is 5.82 Å². The van der Waals surface area contributed by atoms with Crippen molar-refractivity contribution in [2.45, 2.75) is 63.1 Å². The van der Waals surface area contributed by atoms with Crippen molar-refractivity contribution in [3.05, 3.63) is 42.5 Å². The molecule has 3 N–H and O–H groups in total. The molecule has 2 saturated heterocycles. The highest BCUT2D eigenvalue weighted by molar-refractivity contribution is 5.74. The van der Waals surface area contributed by atoms with Crippen molar-refractivity contribution < 1.29 is 13.9 Å². The van der Waals surface area contributed by atoms with Crippen molar-refractivity contribution in [3.63, 3.8) is 0 Å². The molecule has 1 aromatic carbocycles. The maximum Gasteiger partial charge on any atom is 0.151 e. The molecule has 180 valence electrons. The van der Waals surface area contributed by atoms with Gasteiger partial charge in [0.25, 0.3) is 0 Å². The topological polar surface area (TPSA) is 90.0 Å². The first-order valence-corrected chi connectivity index (χ1v) is 11.8. The molecule has 0 unspecified atom stereocenters. The van der Waals surface area contributed by atoms with Crippen molar-refractivity contribution in [3.8, 4) is 28.1 Å². The van der Waals surface area contributed by atoms with Crippen molar-refractivity contribution in [2.24, 2.45) is 0 Å². The molecule has 34 heavy (non-hydrogen) atoms. The van der Waals surface area contributed by atoms with E-state index in [1.165, 1.54) is 24.8 Å². The van der Waals surface area contributed by atoms with Crippen molar-refractivity contribution in [1.29, 1.82) is 0 Å². The molecule has 9 heteroatoms. The van der Waals surface area contributed by atoms with Crippen LogP contribution in [0.25, 0.3) is 22.4 Å². The van der Waals surface area contributed by atoms with Gasteiger partial charge >= 0.3 is 0 Å². The third-order valence-electron chi connectivity index (χ3n) is 7.31. The first kappa shape index (κ1) is 22.7. The molecule has 3 atom stereocenters. The highest BCUT2D eigenvalue weighted by Gasteiger charge is 2.47. The fourth-order valence-corrected chi connectivity index (χ4v) is 5.94. The average Bonchev–Trinajstić information content (AvgIpc) is 3.32. The molecule has 0 amide bonds. The van der Waals surface area contributed by atoms with Crippen LogP contribution in [0.15, 0.2) is 36.7 Å². The number of rotatable bonds is 6. The second-order valence-corrected chi connectivity index (χ2v) is 10.2. The Kier molecular flexibility index (Phi) is 5.75. The molecule has 2 aliphatic heterocycles. The summed E-state index contributed by atoms with van der Waals surface area (Å²) < 4.78 is 28.3. The summed E-state index contributed by atoms with van der Waals surface area (Å²) in [6.07, 6.45) is 8.27. The molecule has 2 aliphatic rings. The third-order valence-corrected chi connectivity index (χ3v) is 7.31. The molecule has 4 heterocycles. The number of fused-ring (bicyclic) bond motifs is 2. The minimum absolute atomic E-state index is 0.0257. The smallest absolute Gasteiger partial charge is 0.151 e. The van der Waals surface area contributed by atoms with Crippen molar-refractivity contribution in [2.75, 3.05) is 18.1 Å². The quantitative estimate of drug-likeness (QED) is 0.490. The maximum atomic E-state index is 14.8. The zero-order valence-electron chi connectivity index (χ0n) is 19.5. The molecular weight excluding hydrogens is 438 g/mol. The number of nitrogens with zero attached hydrogens (tertiary/aromatic N) is 4. The zero-order chi connectivity index (χ0) is 23.9. The van der Waals surface area contributed by atoms with Crippen LogP contribution >= 0.6 is 0 Å². The van der Waals surface area contributed by atoms with E-state index in [-0.39, 0.29) is 40.5 Å². The number of piperidine rings is 2. The number of aromatic amines is 1. The number of phenols is 1. The minimum Gasteiger partial charge on any atom is -0.507 e. The van der Waals surface area contributed by atoms with Crippen LogP contribution in [-0.4, -0.2) is 55.8 Å². The number of H-pyrrole nitrogens is 1. The second kappa shape index (κ2) is 8.61. The maximum absolute atomic E-state index is 14.8. The largest absolute Gasteiger partial charge is 0.507 e. The van der Waals surface area contributed by atoms with Gasteiger partial charge in [0.05, 0.1) is 11.9 Å².